The normalized spacial score (nSPS) is 13.6. The summed E-state index contributed by atoms with van der Waals surface area (Å²) in [6, 6.07) is 6.01. The van der Waals surface area contributed by atoms with E-state index >= 15 is 0 Å². The number of ether oxygens (including phenoxy) is 1. The zero-order chi connectivity index (χ0) is 11.9. The number of aromatic nitrogens is 4. The Kier molecular flexibility index (Phi) is 1.88. The second-order valence-corrected chi connectivity index (χ2v) is 4.19. The summed E-state index contributed by atoms with van der Waals surface area (Å²) in [7, 11) is 0. The maximum absolute atomic E-state index is 5.60. The highest BCUT2D eigenvalue weighted by molar-refractivity contribution is 5.82. The zero-order valence-corrected chi connectivity index (χ0v) is 9.58. The molecular formula is C13H10N4O. The third-order valence-electron chi connectivity index (χ3n) is 3.11. The van der Waals surface area contributed by atoms with E-state index in [2.05, 4.69) is 15.1 Å². The van der Waals surface area contributed by atoms with Crippen molar-refractivity contribution >= 4 is 11.0 Å². The minimum Gasteiger partial charge on any atom is -0.475 e. The Hall–Kier alpha value is -2.43. The smallest absolute Gasteiger partial charge is 0.220 e. The highest BCUT2D eigenvalue weighted by atomic mass is 16.5. The van der Waals surface area contributed by atoms with Crippen LogP contribution in [0.25, 0.3) is 22.2 Å². The summed E-state index contributed by atoms with van der Waals surface area (Å²) in [5.74, 6) is 0.846. The van der Waals surface area contributed by atoms with Crippen LogP contribution in [-0.2, 0) is 6.54 Å². The van der Waals surface area contributed by atoms with E-state index in [1.54, 1.807) is 12.4 Å². The molecule has 1 aliphatic rings. The van der Waals surface area contributed by atoms with Gasteiger partial charge in [-0.15, -0.1) is 0 Å². The molecule has 0 saturated heterocycles. The van der Waals surface area contributed by atoms with Crippen molar-refractivity contribution in [2.45, 2.75) is 6.54 Å². The van der Waals surface area contributed by atoms with Gasteiger partial charge in [0.25, 0.3) is 0 Å². The Morgan fingerprint density at radius 2 is 2.00 bits per heavy atom. The van der Waals surface area contributed by atoms with Gasteiger partial charge in [-0.05, 0) is 17.7 Å². The number of nitrogens with zero attached hydrogens (tertiary/aromatic N) is 4. The largest absolute Gasteiger partial charge is 0.475 e. The molecule has 5 heteroatoms. The van der Waals surface area contributed by atoms with Crippen LogP contribution in [0.3, 0.4) is 0 Å². The summed E-state index contributed by atoms with van der Waals surface area (Å²) in [5.41, 5.74) is 3.85. The van der Waals surface area contributed by atoms with E-state index in [4.69, 9.17) is 4.74 Å². The first-order valence-electron chi connectivity index (χ1n) is 5.81. The summed E-state index contributed by atoms with van der Waals surface area (Å²) >= 11 is 0. The Balaban J connectivity index is 1.91. The first-order valence-corrected chi connectivity index (χ1v) is 5.81. The van der Waals surface area contributed by atoms with Crippen molar-refractivity contribution in [2.75, 3.05) is 6.61 Å². The zero-order valence-electron chi connectivity index (χ0n) is 9.58. The van der Waals surface area contributed by atoms with Crippen molar-refractivity contribution in [3.63, 3.8) is 0 Å². The second-order valence-electron chi connectivity index (χ2n) is 4.19. The Labute approximate surface area is 103 Å². The van der Waals surface area contributed by atoms with Crippen molar-refractivity contribution in [1.82, 2.24) is 19.7 Å². The molecule has 5 nitrogen and oxygen atoms in total. The van der Waals surface area contributed by atoms with Crippen LogP contribution >= 0.6 is 0 Å². The summed E-state index contributed by atoms with van der Waals surface area (Å²) < 4.78 is 7.49. The fourth-order valence-corrected chi connectivity index (χ4v) is 2.24. The Bertz CT molecular complexity index is 735. The highest BCUT2D eigenvalue weighted by Crippen LogP contribution is 2.33. The third kappa shape index (κ3) is 1.30. The van der Waals surface area contributed by atoms with E-state index in [1.807, 2.05) is 29.1 Å². The molecule has 3 heterocycles. The fraction of sp³-hybridized carbons (Fsp3) is 0.154. The first kappa shape index (κ1) is 9.58. The molecule has 0 spiro atoms. The Morgan fingerprint density at radius 1 is 1.11 bits per heavy atom. The van der Waals surface area contributed by atoms with Crippen LogP contribution in [0.1, 0.15) is 0 Å². The topological polar surface area (TPSA) is 52.8 Å². The molecule has 4 rings (SSSR count). The minimum absolute atomic E-state index is 0.698. The van der Waals surface area contributed by atoms with Crippen LogP contribution < -0.4 is 4.74 Å². The maximum atomic E-state index is 5.60. The fourth-order valence-electron chi connectivity index (χ4n) is 2.24. The van der Waals surface area contributed by atoms with Gasteiger partial charge in [0.05, 0.1) is 29.3 Å². The van der Waals surface area contributed by atoms with E-state index in [1.165, 1.54) is 0 Å². The third-order valence-corrected chi connectivity index (χ3v) is 3.11. The molecule has 0 aliphatic carbocycles. The van der Waals surface area contributed by atoms with Crippen LogP contribution in [0.4, 0.5) is 0 Å². The molecule has 2 aromatic heterocycles. The molecule has 0 radical (unpaired) electrons. The van der Waals surface area contributed by atoms with Gasteiger partial charge in [-0.25, -0.2) is 4.68 Å². The van der Waals surface area contributed by atoms with Crippen molar-refractivity contribution in [3.8, 4) is 17.0 Å². The average Bonchev–Trinajstić information content (AvgIpc) is 3.00. The number of hydrogen-bond acceptors (Lipinski definition) is 4. The molecule has 0 amide bonds. The van der Waals surface area contributed by atoms with Crippen molar-refractivity contribution < 1.29 is 4.74 Å². The predicted octanol–water partition coefficient (Wildman–Crippen LogP) is 1.89. The lowest BCUT2D eigenvalue weighted by molar-refractivity contribution is 0.358. The summed E-state index contributed by atoms with van der Waals surface area (Å²) in [6.45, 7) is 1.52. The van der Waals surface area contributed by atoms with Crippen LogP contribution in [-0.4, -0.2) is 26.4 Å². The van der Waals surface area contributed by atoms with Gasteiger partial charge in [0.2, 0.25) is 5.88 Å². The molecule has 1 aromatic carbocycles. The second kappa shape index (κ2) is 3.53. The average molecular weight is 238 g/mol. The lowest BCUT2D eigenvalue weighted by atomic mass is 10.1. The molecule has 0 fully saturated rings. The van der Waals surface area contributed by atoms with Crippen molar-refractivity contribution in [3.05, 3.63) is 36.8 Å². The molecule has 0 bridgehead atoms. The number of hydrogen-bond donors (Lipinski definition) is 0. The lowest BCUT2D eigenvalue weighted by Gasteiger charge is -2.02. The molecule has 0 saturated carbocycles. The monoisotopic (exact) mass is 238 g/mol. The van der Waals surface area contributed by atoms with E-state index in [0.717, 1.165) is 34.6 Å². The molecule has 88 valence electrons. The lowest BCUT2D eigenvalue weighted by Crippen LogP contribution is -1.93. The molecule has 0 N–H and O–H groups in total. The van der Waals surface area contributed by atoms with Crippen molar-refractivity contribution in [2.24, 2.45) is 0 Å². The number of benzene rings is 1. The highest BCUT2D eigenvalue weighted by Gasteiger charge is 2.19. The SMILES string of the molecule is c1cnc2cc(-c3cnn4c3OCC4)ccc2n1. The maximum Gasteiger partial charge on any atom is 0.220 e. The van der Waals surface area contributed by atoms with E-state index in [-0.39, 0.29) is 0 Å². The van der Waals surface area contributed by atoms with Gasteiger partial charge in [-0.3, -0.25) is 9.97 Å². The Morgan fingerprint density at radius 3 is 2.94 bits per heavy atom. The van der Waals surface area contributed by atoms with E-state index in [9.17, 15) is 0 Å². The van der Waals surface area contributed by atoms with Gasteiger partial charge < -0.3 is 4.74 Å². The van der Waals surface area contributed by atoms with Crippen LogP contribution in [0.15, 0.2) is 36.8 Å². The van der Waals surface area contributed by atoms with Crippen LogP contribution in [0.5, 0.6) is 5.88 Å². The van der Waals surface area contributed by atoms with Gasteiger partial charge in [-0.1, -0.05) is 6.07 Å². The predicted molar refractivity (Wildman–Crippen MR) is 66.3 cm³/mol. The quantitative estimate of drug-likeness (QED) is 0.649. The van der Waals surface area contributed by atoms with E-state index < -0.39 is 0 Å². The summed E-state index contributed by atoms with van der Waals surface area (Å²) in [5, 5.41) is 4.31. The molecule has 0 unspecified atom stereocenters. The number of fused-ring (bicyclic) bond motifs is 2. The van der Waals surface area contributed by atoms with Crippen LogP contribution in [0, 0.1) is 0 Å². The number of rotatable bonds is 1. The first-order chi connectivity index (χ1) is 8.92. The van der Waals surface area contributed by atoms with Crippen LogP contribution in [0.2, 0.25) is 0 Å². The molecule has 3 aromatic rings. The minimum atomic E-state index is 0.698. The standard InChI is InChI=1S/C13H10N4O/c1-2-11-12(15-4-3-14-11)7-9(1)10-8-16-17-5-6-18-13(10)17/h1-4,7-8H,5-6H2. The molecular weight excluding hydrogens is 228 g/mol. The van der Waals surface area contributed by atoms with Gasteiger partial charge in [0.15, 0.2) is 0 Å². The summed E-state index contributed by atoms with van der Waals surface area (Å²) in [6.07, 6.45) is 5.24. The molecule has 1 aliphatic heterocycles. The van der Waals surface area contributed by atoms with Gasteiger partial charge in [0, 0.05) is 12.4 Å². The van der Waals surface area contributed by atoms with E-state index in [0.29, 0.717) is 6.61 Å². The summed E-state index contributed by atoms with van der Waals surface area (Å²) in [4.78, 5) is 8.58. The molecule has 0 atom stereocenters. The molecule has 18 heavy (non-hydrogen) atoms. The van der Waals surface area contributed by atoms with Gasteiger partial charge in [-0.2, -0.15) is 5.10 Å². The van der Waals surface area contributed by atoms with Gasteiger partial charge in [0.1, 0.15) is 6.61 Å². The van der Waals surface area contributed by atoms with Gasteiger partial charge >= 0.3 is 0 Å². The van der Waals surface area contributed by atoms with Crippen molar-refractivity contribution in [1.29, 1.82) is 0 Å².